The Kier molecular flexibility index (Phi) is 7.00. The van der Waals surface area contributed by atoms with Crippen molar-refractivity contribution < 1.29 is 9.90 Å². The van der Waals surface area contributed by atoms with Crippen molar-refractivity contribution in [2.75, 3.05) is 13.1 Å². The number of nitrogens with one attached hydrogen (secondary N) is 1. The van der Waals surface area contributed by atoms with Crippen molar-refractivity contribution >= 4 is 18.4 Å². The second-order valence-electron chi connectivity index (χ2n) is 3.48. The molecule has 2 N–H and O–H groups in total. The van der Waals surface area contributed by atoms with Gasteiger partial charge < -0.3 is 10.4 Å². The van der Waals surface area contributed by atoms with Crippen LogP contribution < -0.4 is 5.32 Å². The van der Waals surface area contributed by atoms with Crippen LogP contribution in [0.15, 0.2) is 0 Å². The summed E-state index contributed by atoms with van der Waals surface area (Å²) < 4.78 is 0. The van der Waals surface area contributed by atoms with E-state index in [4.69, 9.17) is 5.11 Å². The fraction of sp³-hybridized carbons (Fsp3) is 0.889. The quantitative estimate of drug-likeness (QED) is 0.740. The minimum absolute atomic E-state index is 0. The van der Waals surface area contributed by atoms with E-state index in [-0.39, 0.29) is 12.4 Å². The predicted molar refractivity (Wildman–Crippen MR) is 54.3 cm³/mol. The van der Waals surface area contributed by atoms with Crippen LogP contribution in [0, 0.1) is 5.92 Å². The first kappa shape index (κ1) is 12.7. The summed E-state index contributed by atoms with van der Waals surface area (Å²) in [5.41, 5.74) is 0. The molecule has 0 bridgehead atoms. The van der Waals surface area contributed by atoms with Gasteiger partial charge in [-0.2, -0.15) is 0 Å². The minimum atomic E-state index is -0.660. The first-order chi connectivity index (χ1) is 5.79. The summed E-state index contributed by atoms with van der Waals surface area (Å²) in [5.74, 6) is -0.0247. The molecule has 0 amide bonds. The standard InChI is InChI=1S/C9H17NO2.ClH/c11-9(12)4-3-8-2-1-6-10-7-5-8;/h8,10H,1-7H2,(H,11,12);1H. The maximum atomic E-state index is 10.3. The molecule has 4 heteroatoms. The Balaban J connectivity index is 0.00000144. The van der Waals surface area contributed by atoms with Crippen molar-refractivity contribution in [2.24, 2.45) is 5.92 Å². The number of hydrogen-bond donors (Lipinski definition) is 2. The lowest BCUT2D eigenvalue weighted by Gasteiger charge is -2.10. The van der Waals surface area contributed by atoms with Gasteiger partial charge in [0.05, 0.1) is 0 Å². The summed E-state index contributed by atoms with van der Waals surface area (Å²) in [4.78, 5) is 10.3. The zero-order chi connectivity index (χ0) is 8.81. The number of rotatable bonds is 3. The van der Waals surface area contributed by atoms with Crippen LogP contribution in [0.4, 0.5) is 0 Å². The summed E-state index contributed by atoms with van der Waals surface area (Å²) in [7, 11) is 0. The first-order valence-electron chi connectivity index (χ1n) is 4.71. The number of hydrogen-bond acceptors (Lipinski definition) is 2. The van der Waals surface area contributed by atoms with Gasteiger partial charge in [-0.3, -0.25) is 4.79 Å². The normalized spacial score (nSPS) is 22.9. The van der Waals surface area contributed by atoms with E-state index in [1.54, 1.807) is 0 Å². The van der Waals surface area contributed by atoms with Crippen LogP contribution in [0.3, 0.4) is 0 Å². The fourth-order valence-electron chi connectivity index (χ4n) is 1.71. The van der Waals surface area contributed by atoms with Crippen LogP contribution in [0.25, 0.3) is 0 Å². The molecule has 3 nitrogen and oxygen atoms in total. The van der Waals surface area contributed by atoms with Crippen LogP contribution in [0.5, 0.6) is 0 Å². The third-order valence-electron chi connectivity index (χ3n) is 2.46. The second-order valence-corrected chi connectivity index (χ2v) is 3.48. The van der Waals surface area contributed by atoms with E-state index >= 15 is 0 Å². The molecule has 1 atom stereocenters. The summed E-state index contributed by atoms with van der Waals surface area (Å²) in [6.07, 6.45) is 4.74. The van der Waals surface area contributed by atoms with Crippen LogP contribution in [-0.4, -0.2) is 24.2 Å². The Hall–Kier alpha value is -0.280. The third kappa shape index (κ3) is 5.88. The summed E-state index contributed by atoms with van der Waals surface area (Å²) >= 11 is 0. The molecule has 0 aromatic rings. The Bertz CT molecular complexity index is 145. The van der Waals surface area contributed by atoms with Crippen LogP contribution in [0.1, 0.15) is 32.1 Å². The minimum Gasteiger partial charge on any atom is -0.481 e. The highest BCUT2D eigenvalue weighted by atomic mass is 35.5. The highest BCUT2D eigenvalue weighted by molar-refractivity contribution is 5.85. The molecule has 0 spiro atoms. The monoisotopic (exact) mass is 207 g/mol. The largest absolute Gasteiger partial charge is 0.481 e. The highest BCUT2D eigenvalue weighted by Gasteiger charge is 2.12. The molecule has 1 unspecified atom stereocenters. The molecule has 1 saturated heterocycles. The Morgan fingerprint density at radius 3 is 2.85 bits per heavy atom. The second kappa shape index (κ2) is 7.15. The Morgan fingerprint density at radius 1 is 1.38 bits per heavy atom. The lowest BCUT2D eigenvalue weighted by molar-refractivity contribution is -0.137. The smallest absolute Gasteiger partial charge is 0.303 e. The maximum Gasteiger partial charge on any atom is 0.303 e. The van der Waals surface area contributed by atoms with Gasteiger partial charge >= 0.3 is 5.97 Å². The number of halogens is 1. The topological polar surface area (TPSA) is 49.3 Å². The summed E-state index contributed by atoms with van der Waals surface area (Å²) in [6.45, 7) is 2.16. The van der Waals surface area contributed by atoms with Crippen molar-refractivity contribution in [3.63, 3.8) is 0 Å². The van der Waals surface area contributed by atoms with Crippen molar-refractivity contribution in [1.82, 2.24) is 5.32 Å². The molecule has 1 fully saturated rings. The lowest BCUT2D eigenvalue weighted by atomic mass is 9.95. The lowest BCUT2D eigenvalue weighted by Crippen LogP contribution is -2.14. The molecule has 0 aliphatic carbocycles. The van der Waals surface area contributed by atoms with Crippen molar-refractivity contribution in [1.29, 1.82) is 0 Å². The molecule has 13 heavy (non-hydrogen) atoms. The molecule has 1 aliphatic rings. The zero-order valence-corrected chi connectivity index (χ0v) is 8.61. The molecule has 78 valence electrons. The van der Waals surface area contributed by atoms with E-state index in [1.165, 1.54) is 12.8 Å². The van der Waals surface area contributed by atoms with Gasteiger partial charge in [-0.25, -0.2) is 0 Å². The summed E-state index contributed by atoms with van der Waals surface area (Å²) in [5, 5.41) is 11.8. The van der Waals surface area contributed by atoms with Gasteiger partial charge in [0.25, 0.3) is 0 Å². The third-order valence-corrected chi connectivity index (χ3v) is 2.46. The number of carboxylic acid groups (broad SMARTS) is 1. The van der Waals surface area contributed by atoms with E-state index in [2.05, 4.69) is 5.32 Å². The SMILES string of the molecule is Cl.O=C(O)CCC1CCCNCC1. The molecular formula is C9H18ClNO2. The van der Waals surface area contributed by atoms with E-state index in [0.717, 1.165) is 25.9 Å². The Labute approximate surface area is 85.3 Å². The van der Waals surface area contributed by atoms with E-state index in [1.807, 2.05) is 0 Å². The molecule has 0 aromatic heterocycles. The maximum absolute atomic E-state index is 10.3. The average molecular weight is 208 g/mol. The molecule has 1 rings (SSSR count). The molecule has 1 aliphatic heterocycles. The number of aliphatic carboxylic acids is 1. The van der Waals surface area contributed by atoms with Gasteiger partial charge in [-0.1, -0.05) is 0 Å². The average Bonchev–Trinajstić information content (AvgIpc) is 2.28. The predicted octanol–water partition coefficient (Wildman–Crippen LogP) is 1.66. The van der Waals surface area contributed by atoms with E-state index in [9.17, 15) is 4.79 Å². The van der Waals surface area contributed by atoms with E-state index in [0.29, 0.717) is 12.3 Å². The van der Waals surface area contributed by atoms with Crippen molar-refractivity contribution in [3.8, 4) is 0 Å². The van der Waals surface area contributed by atoms with Gasteiger partial charge in [0.2, 0.25) is 0 Å². The molecule has 0 aromatic carbocycles. The van der Waals surface area contributed by atoms with E-state index < -0.39 is 5.97 Å². The first-order valence-corrected chi connectivity index (χ1v) is 4.71. The number of carboxylic acids is 1. The van der Waals surface area contributed by atoms with Gasteiger partial charge in [-0.15, -0.1) is 12.4 Å². The highest BCUT2D eigenvalue weighted by Crippen LogP contribution is 2.18. The summed E-state index contributed by atoms with van der Waals surface area (Å²) in [6, 6.07) is 0. The molecule has 0 radical (unpaired) electrons. The fourth-order valence-corrected chi connectivity index (χ4v) is 1.71. The molecule has 0 saturated carbocycles. The molecule has 1 heterocycles. The van der Waals surface area contributed by atoms with Gasteiger partial charge in [0.15, 0.2) is 0 Å². The van der Waals surface area contributed by atoms with Crippen LogP contribution in [-0.2, 0) is 4.79 Å². The number of carbonyl (C=O) groups is 1. The van der Waals surface area contributed by atoms with Crippen LogP contribution >= 0.6 is 12.4 Å². The zero-order valence-electron chi connectivity index (χ0n) is 7.79. The van der Waals surface area contributed by atoms with Crippen LogP contribution in [0.2, 0.25) is 0 Å². The van der Waals surface area contributed by atoms with Gasteiger partial charge in [-0.05, 0) is 44.7 Å². The molecular weight excluding hydrogens is 190 g/mol. The van der Waals surface area contributed by atoms with Crippen molar-refractivity contribution in [2.45, 2.75) is 32.1 Å². The van der Waals surface area contributed by atoms with Gasteiger partial charge in [0.1, 0.15) is 0 Å². The Morgan fingerprint density at radius 2 is 2.15 bits per heavy atom. The van der Waals surface area contributed by atoms with Crippen molar-refractivity contribution in [3.05, 3.63) is 0 Å². The van der Waals surface area contributed by atoms with Gasteiger partial charge in [0, 0.05) is 6.42 Å².